The lowest BCUT2D eigenvalue weighted by Gasteiger charge is -2.28. The van der Waals surface area contributed by atoms with Gasteiger partial charge in [-0.3, -0.25) is 14.9 Å². The van der Waals surface area contributed by atoms with Crippen LogP contribution in [0, 0.1) is 10.1 Å². The van der Waals surface area contributed by atoms with Gasteiger partial charge in [-0.05, 0) is 28.1 Å². The summed E-state index contributed by atoms with van der Waals surface area (Å²) < 4.78 is 6.18. The first-order chi connectivity index (χ1) is 14.9. The lowest BCUT2D eigenvalue weighted by Crippen LogP contribution is -2.32. The van der Waals surface area contributed by atoms with E-state index in [1.807, 2.05) is 0 Å². The van der Waals surface area contributed by atoms with Gasteiger partial charge in [-0.15, -0.1) is 0 Å². The Hall–Kier alpha value is -4.12. The lowest BCUT2D eigenvalue weighted by atomic mass is 9.89. The predicted octanol–water partition coefficient (Wildman–Crippen LogP) is 2.56. The van der Waals surface area contributed by atoms with Crippen LogP contribution in [0.3, 0.4) is 0 Å². The van der Waals surface area contributed by atoms with Crippen molar-refractivity contribution >= 4 is 35.0 Å². The van der Waals surface area contributed by atoms with E-state index in [-0.39, 0.29) is 28.5 Å². The number of esters is 1. The first-order valence-electron chi connectivity index (χ1n) is 8.82. The summed E-state index contributed by atoms with van der Waals surface area (Å²) in [6.45, 7) is 0. The number of hydrogen-bond donors (Lipinski definition) is 1. The van der Waals surface area contributed by atoms with E-state index in [0.717, 1.165) is 6.07 Å². The number of nitrogens with zero attached hydrogens (tertiary/aromatic N) is 5. The number of rotatable bonds is 5. The van der Waals surface area contributed by atoms with E-state index in [1.54, 1.807) is 24.3 Å². The number of nitrogens with one attached hydrogen (secondary N) is 1. The van der Waals surface area contributed by atoms with Gasteiger partial charge in [-0.1, -0.05) is 41.0 Å². The third-order valence-corrected chi connectivity index (χ3v) is 4.91. The number of carbonyl (C=O) groups is 2. The van der Waals surface area contributed by atoms with Crippen molar-refractivity contribution in [2.45, 2.75) is 6.04 Å². The summed E-state index contributed by atoms with van der Waals surface area (Å²) in [5, 5.41) is 25.8. The van der Waals surface area contributed by atoms with Crippen molar-refractivity contribution in [3.8, 4) is 0 Å². The van der Waals surface area contributed by atoms with Gasteiger partial charge in [0, 0.05) is 22.7 Å². The topological polar surface area (TPSA) is 142 Å². The molecule has 156 valence electrons. The largest absolute Gasteiger partial charge is 0.464 e. The molecule has 0 radical (unpaired) electrons. The number of anilines is 1. The third-order valence-electron chi connectivity index (χ3n) is 4.66. The van der Waals surface area contributed by atoms with Crippen molar-refractivity contribution in [2.24, 2.45) is 0 Å². The standard InChI is InChI=1S/C19H13ClN6O5/c1-31-18(28)15-14(17(27)11-3-2-4-13(9-11)26(29)30)16(10-5-7-12(20)8-6-10)25-19(21-15)22-23-24-25/h2-9,16H,1H3,(H,21,22,24)/t16-/m0/s1. The Balaban J connectivity index is 1.94. The van der Waals surface area contributed by atoms with Crippen LogP contribution in [0.15, 0.2) is 59.8 Å². The molecule has 1 aromatic heterocycles. The summed E-state index contributed by atoms with van der Waals surface area (Å²) in [5.74, 6) is -1.32. The summed E-state index contributed by atoms with van der Waals surface area (Å²) in [5.41, 5.74) is 0.120. The number of hydrogen-bond acceptors (Lipinski definition) is 9. The van der Waals surface area contributed by atoms with Gasteiger partial charge in [-0.2, -0.15) is 4.68 Å². The molecule has 1 aliphatic heterocycles. The molecule has 11 nitrogen and oxygen atoms in total. The molecule has 4 rings (SSSR count). The first-order valence-corrected chi connectivity index (χ1v) is 9.20. The monoisotopic (exact) mass is 440 g/mol. The van der Waals surface area contributed by atoms with E-state index >= 15 is 0 Å². The molecule has 2 heterocycles. The van der Waals surface area contributed by atoms with Crippen molar-refractivity contribution in [2.75, 3.05) is 12.4 Å². The number of nitro groups is 1. The molecule has 0 saturated carbocycles. The minimum absolute atomic E-state index is 0.0166. The smallest absolute Gasteiger partial charge is 0.355 e. The second-order valence-corrected chi connectivity index (χ2v) is 6.88. The zero-order valence-electron chi connectivity index (χ0n) is 15.9. The molecule has 0 fully saturated rings. The summed E-state index contributed by atoms with van der Waals surface area (Å²) in [4.78, 5) is 36.7. The molecule has 1 N–H and O–H groups in total. The number of aromatic nitrogens is 4. The van der Waals surface area contributed by atoms with Crippen LogP contribution in [-0.4, -0.2) is 44.0 Å². The number of benzene rings is 2. The van der Waals surface area contributed by atoms with Crippen molar-refractivity contribution in [1.82, 2.24) is 20.2 Å². The number of ether oxygens (including phenoxy) is 1. The van der Waals surface area contributed by atoms with Crippen molar-refractivity contribution in [3.05, 3.63) is 86.1 Å². The van der Waals surface area contributed by atoms with E-state index in [4.69, 9.17) is 16.3 Å². The number of allylic oxidation sites excluding steroid dienone is 1. The summed E-state index contributed by atoms with van der Waals surface area (Å²) in [6.07, 6.45) is 0. The number of carbonyl (C=O) groups excluding carboxylic acids is 2. The van der Waals surface area contributed by atoms with Gasteiger partial charge in [0.05, 0.1) is 17.6 Å². The number of fused-ring (bicyclic) bond motifs is 1. The van der Waals surface area contributed by atoms with Gasteiger partial charge in [0.1, 0.15) is 11.7 Å². The number of nitro benzene ring substituents is 1. The van der Waals surface area contributed by atoms with Gasteiger partial charge in [-0.25, -0.2) is 4.79 Å². The van der Waals surface area contributed by atoms with Crippen molar-refractivity contribution in [1.29, 1.82) is 0 Å². The molecule has 3 aromatic rings. The molecule has 31 heavy (non-hydrogen) atoms. The van der Waals surface area contributed by atoms with Crippen LogP contribution < -0.4 is 5.32 Å². The van der Waals surface area contributed by atoms with E-state index < -0.39 is 22.7 Å². The highest BCUT2D eigenvalue weighted by molar-refractivity contribution is 6.30. The van der Waals surface area contributed by atoms with E-state index in [1.165, 1.54) is 30.0 Å². The number of non-ortho nitro benzene ring substituents is 1. The number of halogens is 1. The van der Waals surface area contributed by atoms with Crippen LogP contribution in [-0.2, 0) is 9.53 Å². The first kappa shape index (κ1) is 20.2. The molecular weight excluding hydrogens is 428 g/mol. The van der Waals surface area contributed by atoms with Crippen LogP contribution in [0.1, 0.15) is 22.0 Å². The second kappa shape index (κ2) is 7.95. The number of Topliss-reactive ketones (excluding diaryl/α,β-unsaturated/α-hetero) is 1. The van der Waals surface area contributed by atoms with E-state index in [9.17, 15) is 19.7 Å². The van der Waals surface area contributed by atoms with Crippen molar-refractivity contribution in [3.63, 3.8) is 0 Å². The zero-order chi connectivity index (χ0) is 22.1. The molecule has 0 aliphatic carbocycles. The van der Waals surface area contributed by atoms with Crippen LogP contribution in [0.5, 0.6) is 0 Å². The quantitative estimate of drug-likeness (QED) is 0.274. The SMILES string of the molecule is COC(=O)C1=C(C(=O)c2cccc([N+](=O)[O-])c2)[C@H](c2ccc(Cl)cc2)n2nnnc2N1. The maximum Gasteiger partial charge on any atom is 0.355 e. The number of tetrazole rings is 1. The van der Waals surface area contributed by atoms with Gasteiger partial charge >= 0.3 is 5.97 Å². The number of methoxy groups -OCH3 is 1. The highest BCUT2D eigenvalue weighted by atomic mass is 35.5. The Bertz CT molecular complexity index is 1240. The molecular formula is C19H13ClN6O5. The molecule has 1 aliphatic rings. The molecule has 12 heteroatoms. The average Bonchev–Trinajstić information content (AvgIpc) is 3.26. The predicted molar refractivity (Wildman–Crippen MR) is 107 cm³/mol. The van der Waals surface area contributed by atoms with Gasteiger partial charge < -0.3 is 10.1 Å². The average molecular weight is 441 g/mol. The molecule has 0 amide bonds. The van der Waals surface area contributed by atoms with Gasteiger partial charge in [0.2, 0.25) is 5.95 Å². The molecule has 0 spiro atoms. The normalized spacial score (nSPS) is 15.1. The fraction of sp³-hybridized carbons (Fsp3) is 0.105. The van der Waals surface area contributed by atoms with Gasteiger partial charge in [0.15, 0.2) is 5.78 Å². The van der Waals surface area contributed by atoms with E-state index in [0.29, 0.717) is 10.6 Å². The van der Waals surface area contributed by atoms with Crippen LogP contribution >= 0.6 is 11.6 Å². The summed E-state index contributed by atoms with van der Waals surface area (Å²) in [7, 11) is 1.17. The Morgan fingerprint density at radius 2 is 1.97 bits per heavy atom. The minimum Gasteiger partial charge on any atom is -0.464 e. The van der Waals surface area contributed by atoms with Crippen molar-refractivity contribution < 1.29 is 19.2 Å². The molecule has 2 aromatic carbocycles. The highest BCUT2D eigenvalue weighted by Crippen LogP contribution is 2.37. The Labute approximate surface area is 179 Å². The Kier molecular flexibility index (Phi) is 5.17. The maximum atomic E-state index is 13.6. The van der Waals surface area contributed by atoms with Crippen LogP contribution in [0.25, 0.3) is 0 Å². The third kappa shape index (κ3) is 3.62. The Morgan fingerprint density at radius 3 is 2.65 bits per heavy atom. The minimum atomic E-state index is -0.913. The van der Waals surface area contributed by atoms with E-state index in [2.05, 4.69) is 20.8 Å². The molecule has 0 saturated heterocycles. The maximum absolute atomic E-state index is 13.6. The fourth-order valence-electron chi connectivity index (χ4n) is 3.26. The molecule has 0 unspecified atom stereocenters. The van der Waals surface area contributed by atoms with Crippen LogP contribution in [0.4, 0.5) is 11.6 Å². The molecule has 1 atom stereocenters. The molecule has 0 bridgehead atoms. The zero-order valence-corrected chi connectivity index (χ0v) is 16.6. The second-order valence-electron chi connectivity index (χ2n) is 6.44. The summed E-state index contributed by atoms with van der Waals surface area (Å²) in [6, 6.07) is 10.9. The number of ketones is 1. The summed E-state index contributed by atoms with van der Waals surface area (Å²) >= 11 is 6.00. The highest BCUT2D eigenvalue weighted by Gasteiger charge is 2.38. The lowest BCUT2D eigenvalue weighted by molar-refractivity contribution is -0.384. The Morgan fingerprint density at radius 1 is 1.23 bits per heavy atom. The fourth-order valence-corrected chi connectivity index (χ4v) is 3.38. The van der Waals surface area contributed by atoms with Gasteiger partial charge in [0.25, 0.3) is 5.69 Å². The van der Waals surface area contributed by atoms with Crippen LogP contribution in [0.2, 0.25) is 5.02 Å².